The number of hydrogen-bond donors (Lipinski definition) is 1. The summed E-state index contributed by atoms with van der Waals surface area (Å²) in [6, 6.07) is 7.96. The molecule has 4 rings (SSSR count). The highest BCUT2D eigenvalue weighted by Gasteiger charge is 2.33. The number of nitrogens with one attached hydrogen (secondary N) is 1. The Morgan fingerprint density at radius 1 is 1.17 bits per heavy atom. The molecule has 1 aromatic heterocycles. The Kier molecular flexibility index (Phi) is 8.07. The van der Waals surface area contributed by atoms with Gasteiger partial charge in [-0.25, -0.2) is 18.6 Å². The zero-order valence-corrected chi connectivity index (χ0v) is 22.1. The van der Waals surface area contributed by atoms with E-state index >= 15 is 0 Å². The van der Waals surface area contributed by atoms with Gasteiger partial charge in [0, 0.05) is 33.7 Å². The summed E-state index contributed by atoms with van der Waals surface area (Å²) in [5.74, 6) is 0.475. The summed E-state index contributed by atoms with van der Waals surface area (Å²) >= 11 is 0. The fraction of sp³-hybridized carbons (Fsp3) is 0.462. The monoisotopic (exact) mass is 516 g/mol. The maximum absolute atomic E-state index is 14.2. The minimum Gasteiger partial charge on any atom is -0.483 e. The normalized spacial score (nSPS) is 18.1. The second-order valence-corrected chi connectivity index (χ2v) is 11.8. The van der Waals surface area contributed by atoms with Crippen LogP contribution in [0.15, 0.2) is 41.0 Å². The molecule has 0 saturated carbocycles. The molecule has 1 N–H and O–H groups in total. The largest absolute Gasteiger partial charge is 0.483 e. The molecule has 1 saturated heterocycles. The molecule has 2 aromatic carbocycles. The van der Waals surface area contributed by atoms with E-state index in [1.165, 1.54) is 18.5 Å². The predicted octanol–water partition coefficient (Wildman–Crippen LogP) is 5.53. The molecule has 0 radical (unpaired) electrons. The number of ether oxygens (including phenoxy) is 3. The lowest BCUT2D eigenvalue weighted by atomic mass is 10.1. The van der Waals surface area contributed by atoms with E-state index in [1.807, 2.05) is 13.0 Å². The number of rotatable bonds is 9. The van der Waals surface area contributed by atoms with E-state index in [2.05, 4.69) is 33.5 Å². The zero-order chi connectivity index (χ0) is 25.9. The van der Waals surface area contributed by atoms with Crippen molar-refractivity contribution in [2.45, 2.75) is 51.9 Å². The van der Waals surface area contributed by atoms with Gasteiger partial charge in [0.05, 0.1) is 36.2 Å². The molecule has 0 bridgehead atoms. The van der Waals surface area contributed by atoms with Crippen molar-refractivity contribution in [1.82, 2.24) is 9.97 Å². The first kappa shape index (κ1) is 26.2. The number of halogens is 1. The lowest BCUT2D eigenvalue weighted by molar-refractivity contribution is -0.0511. The van der Waals surface area contributed by atoms with Crippen LogP contribution in [-0.4, -0.2) is 58.2 Å². The van der Waals surface area contributed by atoms with Crippen LogP contribution in [0.1, 0.15) is 32.3 Å². The summed E-state index contributed by atoms with van der Waals surface area (Å²) in [7, 11) is -2.31. The summed E-state index contributed by atoms with van der Waals surface area (Å²) < 4.78 is 48.8. The predicted molar refractivity (Wildman–Crippen MR) is 141 cm³/mol. The van der Waals surface area contributed by atoms with Gasteiger partial charge in [-0.3, -0.25) is 0 Å². The average Bonchev–Trinajstić information content (AvgIpc) is 3.24. The van der Waals surface area contributed by atoms with Crippen LogP contribution in [0.2, 0.25) is 0 Å². The molecule has 194 valence electrons. The molecule has 1 aliphatic heterocycles. The van der Waals surface area contributed by atoms with Gasteiger partial charge in [0.25, 0.3) is 0 Å². The molecule has 0 aliphatic carbocycles. The fourth-order valence-corrected chi connectivity index (χ4v) is 4.86. The van der Waals surface area contributed by atoms with Crippen LogP contribution in [0.5, 0.6) is 5.75 Å². The van der Waals surface area contributed by atoms with Crippen LogP contribution in [-0.2, 0) is 19.2 Å². The molecule has 2 atom stereocenters. The smallest absolute Gasteiger partial charge is 0.150 e. The first-order chi connectivity index (χ1) is 17.2. The zero-order valence-electron chi connectivity index (χ0n) is 21.3. The van der Waals surface area contributed by atoms with Crippen LogP contribution >= 0.6 is 0 Å². The molecule has 36 heavy (non-hydrogen) atoms. The highest BCUT2D eigenvalue weighted by Crippen LogP contribution is 2.35. The van der Waals surface area contributed by atoms with Gasteiger partial charge in [0.2, 0.25) is 0 Å². The van der Waals surface area contributed by atoms with E-state index < -0.39 is 15.5 Å². The third kappa shape index (κ3) is 6.29. The second kappa shape index (κ2) is 11.1. The van der Waals surface area contributed by atoms with Crippen molar-refractivity contribution >= 4 is 37.8 Å². The van der Waals surface area contributed by atoms with Gasteiger partial charge in [0.15, 0.2) is 6.10 Å². The SMILES string of the molecule is CCC(CC)O[C@@H]1COC[C@@H]1Oc1cc(F)ccc1Nc1ncnc2cc(N=S(C)(C)=O)cc(C)c12. The van der Waals surface area contributed by atoms with Crippen molar-refractivity contribution < 1.29 is 22.8 Å². The number of anilines is 2. The van der Waals surface area contributed by atoms with Crippen molar-refractivity contribution in [2.24, 2.45) is 4.36 Å². The third-order valence-corrected chi connectivity index (χ3v) is 6.63. The Labute approximate surface area is 211 Å². The molecule has 2 heterocycles. The highest BCUT2D eigenvalue weighted by atomic mass is 32.2. The standard InChI is InChI=1S/C26H33FN4O4S/c1-6-19(7-2)34-23-13-33-14-24(23)35-22-11-17(27)8-9-20(22)30-26-25-16(3)10-18(31-36(4,5)32)12-21(25)28-15-29-26/h8-12,15,19,23-24H,6-7,13-14H2,1-5H3,(H,28,29,30)/t23-,24+/m1/s1. The minimum atomic E-state index is -2.31. The van der Waals surface area contributed by atoms with Crippen molar-refractivity contribution in [3.05, 3.63) is 48.0 Å². The third-order valence-electron chi connectivity index (χ3n) is 5.98. The number of hydrogen-bond acceptors (Lipinski definition) is 8. The summed E-state index contributed by atoms with van der Waals surface area (Å²) in [5.41, 5.74) is 2.67. The molecule has 0 spiro atoms. The molecule has 3 aromatic rings. The van der Waals surface area contributed by atoms with E-state index in [9.17, 15) is 8.60 Å². The molecule has 0 unspecified atom stereocenters. The number of benzene rings is 2. The van der Waals surface area contributed by atoms with Crippen LogP contribution in [0.25, 0.3) is 10.9 Å². The van der Waals surface area contributed by atoms with Crippen molar-refractivity contribution in [3.63, 3.8) is 0 Å². The molecule has 10 heteroatoms. The molecule has 0 amide bonds. The molecule has 1 aliphatic rings. The van der Waals surface area contributed by atoms with Crippen molar-refractivity contribution in [1.29, 1.82) is 0 Å². The maximum Gasteiger partial charge on any atom is 0.150 e. The van der Waals surface area contributed by atoms with Gasteiger partial charge in [0.1, 0.15) is 29.8 Å². The lowest BCUT2D eigenvalue weighted by Gasteiger charge is -2.25. The topological polar surface area (TPSA) is 94.9 Å². The Morgan fingerprint density at radius 2 is 1.92 bits per heavy atom. The van der Waals surface area contributed by atoms with E-state index in [0.717, 1.165) is 23.8 Å². The van der Waals surface area contributed by atoms with Crippen LogP contribution < -0.4 is 10.1 Å². The lowest BCUT2D eigenvalue weighted by Crippen LogP contribution is -2.35. The molecule has 8 nitrogen and oxygen atoms in total. The fourth-order valence-electron chi connectivity index (χ4n) is 4.24. The number of aromatic nitrogens is 2. The van der Waals surface area contributed by atoms with E-state index in [1.54, 1.807) is 24.6 Å². The van der Waals surface area contributed by atoms with Gasteiger partial charge in [-0.05, 0) is 49.6 Å². The second-order valence-electron chi connectivity index (χ2n) is 9.22. The quantitative estimate of drug-likeness (QED) is 0.399. The van der Waals surface area contributed by atoms with Gasteiger partial charge < -0.3 is 19.5 Å². The van der Waals surface area contributed by atoms with E-state index in [0.29, 0.717) is 41.7 Å². The summed E-state index contributed by atoms with van der Waals surface area (Å²) in [5, 5.41) is 4.07. The number of aryl methyl sites for hydroxylation is 1. The Morgan fingerprint density at radius 3 is 2.64 bits per heavy atom. The molecular formula is C26H33FN4O4S. The maximum atomic E-state index is 14.2. The first-order valence-corrected chi connectivity index (χ1v) is 14.4. The first-order valence-electron chi connectivity index (χ1n) is 12.1. The Balaban J connectivity index is 1.65. The Hall–Kier alpha value is -2.82. The van der Waals surface area contributed by atoms with E-state index in [4.69, 9.17) is 14.2 Å². The van der Waals surface area contributed by atoms with Crippen molar-refractivity contribution in [2.75, 3.05) is 31.0 Å². The van der Waals surface area contributed by atoms with Gasteiger partial charge in [-0.2, -0.15) is 4.36 Å². The highest BCUT2D eigenvalue weighted by molar-refractivity contribution is 7.92. The van der Waals surface area contributed by atoms with Gasteiger partial charge in [-0.1, -0.05) is 13.8 Å². The van der Waals surface area contributed by atoms with Gasteiger partial charge in [-0.15, -0.1) is 0 Å². The van der Waals surface area contributed by atoms with Crippen LogP contribution in [0.4, 0.5) is 21.6 Å². The van der Waals surface area contributed by atoms with Gasteiger partial charge >= 0.3 is 0 Å². The van der Waals surface area contributed by atoms with Crippen molar-refractivity contribution in [3.8, 4) is 5.75 Å². The van der Waals surface area contributed by atoms with Crippen LogP contribution in [0, 0.1) is 12.7 Å². The molecular weight excluding hydrogens is 483 g/mol. The van der Waals surface area contributed by atoms with E-state index in [-0.39, 0.29) is 18.3 Å². The Bertz CT molecular complexity index is 1350. The molecule has 1 fully saturated rings. The number of fused-ring (bicyclic) bond motifs is 1. The van der Waals surface area contributed by atoms with Crippen LogP contribution in [0.3, 0.4) is 0 Å². The number of nitrogens with zero attached hydrogens (tertiary/aromatic N) is 3. The average molecular weight is 517 g/mol. The minimum absolute atomic E-state index is 0.119. The summed E-state index contributed by atoms with van der Waals surface area (Å²) in [4.78, 5) is 8.81. The summed E-state index contributed by atoms with van der Waals surface area (Å²) in [6.07, 6.45) is 5.94. The summed E-state index contributed by atoms with van der Waals surface area (Å²) in [6.45, 7) is 6.89.